The predicted molar refractivity (Wildman–Crippen MR) is 84.1 cm³/mol. The van der Waals surface area contributed by atoms with Gasteiger partial charge in [0.15, 0.2) is 5.78 Å². The Morgan fingerprint density at radius 2 is 2.05 bits per heavy atom. The van der Waals surface area contributed by atoms with Gasteiger partial charge >= 0.3 is 0 Å². The molecule has 3 aromatic rings. The summed E-state index contributed by atoms with van der Waals surface area (Å²) in [6, 6.07) is 9.02. The van der Waals surface area contributed by atoms with Crippen LogP contribution in [0.3, 0.4) is 0 Å². The molecule has 2 heterocycles. The second-order valence-corrected chi connectivity index (χ2v) is 6.41. The fourth-order valence-electron chi connectivity index (χ4n) is 2.37. The van der Waals surface area contributed by atoms with E-state index in [9.17, 15) is 9.59 Å². The van der Waals surface area contributed by atoms with E-state index in [1.165, 1.54) is 10.9 Å². The molecule has 0 fully saturated rings. The molecule has 1 aromatic carbocycles. The van der Waals surface area contributed by atoms with E-state index in [1.54, 1.807) is 29.5 Å². The van der Waals surface area contributed by atoms with E-state index >= 15 is 0 Å². The van der Waals surface area contributed by atoms with E-state index in [1.807, 2.05) is 26.0 Å². The summed E-state index contributed by atoms with van der Waals surface area (Å²) in [5.41, 5.74) is 1.16. The number of thiophene rings is 1. The second kappa shape index (κ2) is 5.26. The van der Waals surface area contributed by atoms with Crippen molar-refractivity contribution in [2.24, 2.45) is 0 Å². The Hall–Kier alpha value is -2.27. The second-order valence-electron chi connectivity index (χ2n) is 4.94. The fraction of sp³-hybridized carbons (Fsp3) is 0.188. The molecule has 0 aliphatic heterocycles. The molecule has 0 bridgehead atoms. The number of aromatic nitrogens is 2. The SMILES string of the molecule is Cc1cc(C(=O)Cn2cnc3ccccc3c2=O)c(C)s1. The number of hydrogen-bond acceptors (Lipinski definition) is 4. The van der Waals surface area contributed by atoms with Crippen molar-refractivity contribution in [1.82, 2.24) is 9.55 Å². The maximum Gasteiger partial charge on any atom is 0.261 e. The number of carbonyl (C=O) groups is 1. The first-order chi connectivity index (χ1) is 10.1. The number of hydrogen-bond donors (Lipinski definition) is 0. The molecule has 0 amide bonds. The van der Waals surface area contributed by atoms with Crippen LogP contribution in [-0.2, 0) is 6.54 Å². The highest BCUT2D eigenvalue weighted by Crippen LogP contribution is 2.21. The van der Waals surface area contributed by atoms with Crippen molar-refractivity contribution in [3.63, 3.8) is 0 Å². The molecular formula is C16H14N2O2S. The maximum absolute atomic E-state index is 12.4. The van der Waals surface area contributed by atoms with E-state index in [-0.39, 0.29) is 17.9 Å². The van der Waals surface area contributed by atoms with E-state index in [0.717, 1.165) is 9.75 Å². The zero-order valence-corrected chi connectivity index (χ0v) is 12.6. The number of carbonyl (C=O) groups excluding carboxylic acids is 1. The molecule has 21 heavy (non-hydrogen) atoms. The summed E-state index contributed by atoms with van der Waals surface area (Å²) in [7, 11) is 0. The van der Waals surface area contributed by atoms with Crippen molar-refractivity contribution >= 4 is 28.0 Å². The van der Waals surface area contributed by atoms with Gasteiger partial charge in [0.2, 0.25) is 0 Å². The van der Waals surface area contributed by atoms with Crippen LogP contribution in [0.15, 0.2) is 41.5 Å². The average Bonchev–Trinajstić information content (AvgIpc) is 2.81. The topological polar surface area (TPSA) is 52.0 Å². The van der Waals surface area contributed by atoms with Gasteiger partial charge in [-0.15, -0.1) is 11.3 Å². The molecule has 0 unspecified atom stereocenters. The normalized spacial score (nSPS) is 11.0. The van der Waals surface area contributed by atoms with Crippen LogP contribution in [0.1, 0.15) is 20.1 Å². The smallest absolute Gasteiger partial charge is 0.261 e. The predicted octanol–water partition coefficient (Wildman–Crippen LogP) is 2.96. The van der Waals surface area contributed by atoms with Crippen LogP contribution in [0.4, 0.5) is 0 Å². The van der Waals surface area contributed by atoms with Gasteiger partial charge < -0.3 is 0 Å². The van der Waals surface area contributed by atoms with E-state index in [0.29, 0.717) is 16.5 Å². The Labute approximate surface area is 125 Å². The standard InChI is InChI=1S/C16H14N2O2S/c1-10-7-13(11(2)21-10)15(19)8-18-9-17-14-6-4-3-5-12(14)16(18)20/h3-7,9H,8H2,1-2H3. The third-order valence-electron chi connectivity index (χ3n) is 3.39. The lowest BCUT2D eigenvalue weighted by atomic mass is 10.1. The monoisotopic (exact) mass is 298 g/mol. The van der Waals surface area contributed by atoms with Gasteiger partial charge in [-0.25, -0.2) is 4.98 Å². The van der Waals surface area contributed by atoms with Gasteiger partial charge in [0.05, 0.1) is 23.8 Å². The third kappa shape index (κ3) is 2.52. The number of aryl methyl sites for hydroxylation is 2. The molecular weight excluding hydrogens is 284 g/mol. The van der Waals surface area contributed by atoms with Crippen LogP contribution in [0.2, 0.25) is 0 Å². The minimum Gasteiger partial charge on any atom is -0.292 e. The summed E-state index contributed by atoms with van der Waals surface area (Å²) < 4.78 is 1.37. The van der Waals surface area contributed by atoms with Gasteiger partial charge in [0.1, 0.15) is 0 Å². The quantitative estimate of drug-likeness (QED) is 0.699. The first kappa shape index (κ1) is 13.7. The maximum atomic E-state index is 12.4. The van der Waals surface area contributed by atoms with Crippen LogP contribution in [0.5, 0.6) is 0 Å². The lowest BCUT2D eigenvalue weighted by Crippen LogP contribution is -2.24. The van der Waals surface area contributed by atoms with Crippen molar-refractivity contribution < 1.29 is 4.79 Å². The minimum atomic E-state index is -0.182. The number of benzene rings is 1. The zero-order chi connectivity index (χ0) is 15.0. The third-order valence-corrected chi connectivity index (χ3v) is 4.35. The zero-order valence-electron chi connectivity index (χ0n) is 11.8. The van der Waals surface area contributed by atoms with Gasteiger partial charge in [-0.2, -0.15) is 0 Å². The first-order valence-corrected chi connectivity index (χ1v) is 7.42. The summed E-state index contributed by atoms with van der Waals surface area (Å²) in [4.78, 5) is 31.0. The highest BCUT2D eigenvalue weighted by atomic mass is 32.1. The molecule has 0 radical (unpaired) electrons. The lowest BCUT2D eigenvalue weighted by molar-refractivity contribution is 0.0970. The van der Waals surface area contributed by atoms with Crippen LogP contribution in [0.25, 0.3) is 10.9 Å². The molecule has 106 valence electrons. The van der Waals surface area contributed by atoms with E-state index < -0.39 is 0 Å². The van der Waals surface area contributed by atoms with Crippen molar-refractivity contribution in [3.8, 4) is 0 Å². The molecule has 4 nitrogen and oxygen atoms in total. The Morgan fingerprint density at radius 1 is 1.29 bits per heavy atom. The largest absolute Gasteiger partial charge is 0.292 e. The number of Topliss-reactive ketones (excluding diaryl/α,β-unsaturated/α-hetero) is 1. The van der Waals surface area contributed by atoms with Gasteiger partial charge in [0, 0.05) is 15.3 Å². The number of fused-ring (bicyclic) bond motifs is 1. The molecule has 3 rings (SSSR count). The molecule has 0 atom stereocenters. The molecule has 0 spiro atoms. The summed E-state index contributed by atoms with van der Waals surface area (Å²) >= 11 is 1.59. The van der Waals surface area contributed by atoms with Gasteiger partial charge in [-0.1, -0.05) is 12.1 Å². The highest BCUT2D eigenvalue weighted by molar-refractivity contribution is 7.12. The fourth-order valence-corrected chi connectivity index (χ4v) is 3.31. The summed E-state index contributed by atoms with van der Waals surface area (Å²) in [6.45, 7) is 3.91. The summed E-state index contributed by atoms with van der Waals surface area (Å²) in [5.74, 6) is -0.0592. The molecule has 0 saturated heterocycles. The Bertz CT molecular complexity index is 893. The van der Waals surface area contributed by atoms with Crippen molar-refractivity contribution in [2.45, 2.75) is 20.4 Å². The van der Waals surface area contributed by atoms with Crippen LogP contribution >= 0.6 is 11.3 Å². The van der Waals surface area contributed by atoms with Crippen molar-refractivity contribution in [3.05, 3.63) is 62.3 Å². The minimum absolute atomic E-state index is 0.0215. The Kier molecular flexibility index (Phi) is 3.43. The molecule has 0 aliphatic carbocycles. The van der Waals surface area contributed by atoms with Gasteiger partial charge in [-0.05, 0) is 32.0 Å². The van der Waals surface area contributed by atoms with E-state index in [2.05, 4.69) is 4.98 Å². The van der Waals surface area contributed by atoms with Gasteiger partial charge in [0.25, 0.3) is 5.56 Å². The summed E-state index contributed by atoms with van der Waals surface area (Å²) in [5, 5.41) is 0.533. The highest BCUT2D eigenvalue weighted by Gasteiger charge is 2.14. The van der Waals surface area contributed by atoms with Crippen LogP contribution < -0.4 is 5.56 Å². The summed E-state index contributed by atoms with van der Waals surface area (Å²) in [6.07, 6.45) is 1.44. The van der Waals surface area contributed by atoms with Crippen molar-refractivity contribution in [1.29, 1.82) is 0 Å². The number of rotatable bonds is 3. The Balaban J connectivity index is 1.99. The average molecular weight is 298 g/mol. The molecule has 0 N–H and O–H groups in total. The van der Waals surface area contributed by atoms with Crippen LogP contribution in [-0.4, -0.2) is 15.3 Å². The molecule has 5 heteroatoms. The van der Waals surface area contributed by atoms with Crippen molar-refractivity contribution in [2.75, 3.05) is 0 Å². The number of ketones is 1. The first-order valence-electron chi connectivity index (χ1n) is 6.60. The molecule has 0 aliphatic rings. The lowest BCUT2D eigenvalue weighted by Gasteiger charge is -2.05. The number of nitrogens with zero attached hydrogens (tertiary/aromatic N) is 2. The van der Waals surface area contributed by atoms with E-state index in [4.69, 9.17) is 0 Å². The van der Waals surface area contributed by atoms with Crippen LogP contribution in [0, 0.1) is 13.8 Å². The Morgan fingerprint density at radius 3 is 2.76 bits per heavy atom. The number of para-hydroxylation sites is 1. The van der Waals surface area contributed by atoms with Gasteiger partial charge in [-0.3, -0.25) is 14.2 Å². The molecule has 2 aromatic heterocycles. The molecule has 0 saturated carbocycles.